The number of rotatable bonds is 17. The van der Waals surface area contributed by atoms with Crippen LogP contribution in [0.5, 0.6) is 0 Å². The molecule has 0 aliphatic rings. The minimum Gasteiger partial charge on any atom is -0.481 e. The number of carbonyl (C=O) groups excluding carboxylic acids is 4. The largest absolute Gasteiger partial charge is 0.481 e. The van der Waals surface area contributed by atoms with E-state index in [1.807, 2.05) is 5.32 Å². The van der Waals surface area contributed by atoms with Crippen LogP contribution >= 0.6 is 0 Å². The molecule has 0 radical (unpaired) electrons. The summed E-state index contributed by atoms with van der Waals surface area (Å²) in [6.45, 7) is 2.36. The molecular weight excluding hydrogens is 502 g/mol. The highest BCUT2D eigenvalue weighted by molar-refractivity contribution is 5.96. The maximum Gasteiger partial charge on any atom is 0.326 e. The van der Waals surface area contributed by atoms with Crippen molar-refractivity contribution in [3.8, 4) is 0 Å². The van der Waals surface area contributed by atoms with Gasteiger partial charge in [0.1, 0.15) is 24.2 Å². The highest BCUT2D eigenvalue weighted by atomic mass is 16.4. The van der Waals surface area contributed by atoms with Crippen molar-refractivity contribution < 1.29 is 58.8 Å². The van der Waals surface area contributed by atoms with Crippen molar-refractivity contribution >= 4 is 47.5 Å². The van der Waals surface area contributed by atoms with Gasteiger partial charge in [0.2, 0.25) is 23.6 Å². The Morgan fingerprint density at radius 2 is 1.14 bits per heavy atom. The first-order valence-corrected chi connectivity index (χ1v) is 10.9. The molecule has 17 nitrogen and oxygen atoms in total. The van der Waals surface area contributed by atoms with Crippen molar-refractivity contribution in [2.45, 2.75) is 63.7 Å². The van der Waals surface area contributed by atoms with Crippen molar-refractivity contribution in [1.29, 1.82) is 0 Å². The summed E-state index contributed by atoms with van der Waals surface area (Å²) >= 11 is 0. The van der Waals surface area contributed by atoms with Gasteiger partial charge in [-0.3, -0.25) is 33.6 Å². The summed E-state index contributed by atoms with van der Waals surface area (Å²) < 4.78 is 0. The molecular formula is C20H31N5O12. The first-order valence-electron chi connectivity index (χ1n) is 10.9. The van der Waals surface area contributed by atoms with Crippen LogP contribution in [0.4, 0.5) is 0 Å². The molecule has 17 heteroatoms. The number of amides is 4. The van der Waals surface area contributed by atoms with E-state index in [1.165, 1.54) is 13.8 Å². The van der Waals surface area contributed by atoms with Crippen molar-refractivity contribution in [2.75, 3.05) is 6.54 Å². The van der Waals surface area contributed by atoms with Crippen LogP contribution in [0.25, 0.3) is 0 Å². The van der Waals surface area contributed by atoms with E-state index in [1.54, 1.807) is 0 Å². The van der Waals surface area contributed by atoms with Gasteiger partial charge >= 0.3 is 23.9 Å². The minimum absolute atomic E-state index is 0.499. The van der Waals surface area contributed by atoms with Crippen LogP contribution < -0.4 is 27.0 Å². The van der Waals surface area contributed by atoms with Gasteiger partial charge in [-0.05, 0) is 12.3 Å². The zero-order chi connectivity index (χ0) is 28.9. The Kier molecular flexibility index (Phi) is 13.8. The highest BCUT2D eigenvalue weighted by Crippen LogP contribution is 2.07. The third kappa shape index (κ3) is 12.8. The van der Waals surface area contributed by atoms with Crippen molar-refractivity contribution in [3.63, 3.8) is 0 Å². The van der Waals surface area contributed by atoms with Crippen LogP contribution in [0, 0.1) is 5.92 Å². The molecule has 37 heavy (non-hydrogen) atoms. The quantitative estimate of drug-likeness (QED) is 0.0875. The van der Waals surface area contributed by atoms with E-state index in [2.05, 4.69) is 16.0 Å². The molecule has 0 unspecified atom stereocenters. The maximum atomic E-state index is 12.9. The molecule has 0 rings (SSSR count). The lowest BCUT2D eigenvalue weighted by Gasteiger charge is -2.27. The standard InChI is InChI=1S/C20H31N5O12/c1-8(2)16(19(35)24-11(20(36)37)6-15(31)32)25-17(33)9(3-4-13(27)28)23-18(34)10(5-14(29)30)22-12(26)7-21/h8-11,16H,3-7,21H2,1-2H3,(H,22,26)(H,23,34)(H,24,35)(H,25,33)(H,27,28)(H,29,30)(H,31,32)(H,36,37)/t9-,10-,11-,16-/m0/s1. The molecule has 0 aromatic heterocycles. The molecule has 4 atom stereocenters. The fraction of sp³-hybridized carbons (Fsp3) is 0.600. The second-order valence-electron chi connectivity index (χ2n) is 8.14. The summed E-state index contributed by atoms with van der Waals surface area (Å²) in [4.78, 5) is 93.9. The third-order valence-corrected chi connectivity index (χ3v) is 4.74. The molecule has 0 aromatic rings. The fourth-order valence-electron chi connectivity index (χ4n) is 2.87. The predicted molar refractivity (Wildman–Crippen MR) is 121 cm³/mol. The molecule has 0 aliphatic heterocycles. The van der Waals surface area contributed by atoms with E-state index in [4.69, 9.17) is 26.2 Å². The Balaban J connectivity index is 5.78. The summed E-state index contributed by atoms with van der Waals surface area (Å²) in [6.07, 6.45) is -2.96. The molecule has 208 valence electrons. The van der Waals surface area contributed by atoms with Crippen LogP contribution in [0.1, 0.15) is 39.5 Å². The Hall–Kier alpha value is -4.28. The van der Waals surface area contributed by atoms with Gasteiger partial charge in [0.05, 0.1) is 19.4 Å². The summed E-state index contributed by atoms with van der Waals surface area (Å²) in [7, 11) is 0. The van der Waals surface area contributed by atoms with Crippen molar-refractivity contribution in [1.82, 2.24) is 21.3 Å². The Morgan fingerprint density at radius 1 is 0.649 bits per heavy atom. The molecule has 0 aromatic carbocycles. The van der Waals surface area contributed by atoms with Crippen molar-refractivity contribution in [3.05, 3.63) is 0 Å². The molecule has 0 aliphatic carbocycles. The molecule has 10 N–H and O–H groups in total. The summed E-state index contributed by atoms with van der Waals surface area (Å²) in [5.41, 5.74) is 5.15. The van der Waals surface area contributed by atoms with Gasteiger partial charge in [0.25, 0.3) is 0 Å². The third-order valence-electron chi connectivity index (χ3n) is 4.74. The zero-order valence-electron chi connectivity index (χ0n) is 20.1. The lowest BCUT2D eigenvalue weighted by Crippen LogP contribution is -2.59. The average molecular weight is 533 g/mol. The molecule has 0 bridgehead atoms. The number of hydrogen-bond acceptors (Lipinski definition) is 9. The molecule has 4 amide bonds. The fourth-order valence-corrected chi connectivity index (χ4v) is 2.87. The molecule has 0 spiro atoms. The summed E-state index contributed by atoms with van der Waals surface area (Å²) in [5.74, 6) is -10.8. The molecule has 0 saturated heterocycles. The van der Waals surface area contributed by atoms with Crippen LogP contribution in [-0.2, 0) is 38.4 Å². The van der Waals surface area contributed by atoms with Crippen LogP contribution in [0.3, 0.4) is 0 Å². The average Bonchev–Trinajstić information content (AvgIpc) is 2.77. The first kappa shape index (κ1) is 32.7. The normalized spacial score (nSPS) is 13.8. The second-order valence-corrected chi connectivity index (χ2v) is 8.14. The Morgan fingerprint density at radius 3 is 1.57 bits per heavy atom. The SMILES string of the molecule is CC(C)[C@H](NC(=O)[C@H](CCC(=O)O)NC(=O)[C@H](CC(=O)O)NC(=O)CN)C(=O)N[C@@H](CC(=O)O)C(=O)O. The van der Waals surface area contributed by atoms with Gasteiger partial charge < -0.3 is 47.4 Å². The number of aliphatic carboxylic acids is 4. The van der Waals surface area contributed by atoms with Gasteiger partial charge in [0.15, 0.2) is 0 Å². The lowest BCUT2D eigenvalue weighted by atomic mass is 10.0. The highest BCUT2D eigenvalue weighted by Gasteiger charge is 2.33. The van der Waals surface area contributed by atoms with E-state index in [0.29, 0.717) is 0 Å². The number of carboxylic acid groups (broad SMARTS) is 4. The van der Waals surface area contributed by atoms with E-state index < -0.39 is 110 Å². The summed E-state index contributed by atoms with van der Waals surface area (Å²) in [6, 6.07) is -6.52. The van der Waals surface area contributed by atoms with Crippen LogP contribution in [-0.4, -0.2) is 98.6 Å². The van der Waals surface area contributed by atoms with Crippen molar-refractivity contribution in [2.24, 2.45) is 11.7 Å². The van der Waals surface area contributed by atoms with Gasteiger partial charge in [-0.1, -0.05) is 13.8 Å². The van der Waals surface area contributed by atoms with Crippen LogP contribution in [0.2, 0.25) is 0 Å². The smallest absolute Gasteiger partial charge is 0.326 e. The monoisotopic (exact) mass is 533 g/mol. The number of nitrogens with one attached hydrogen (secondary N) is 4. The van der Waals surface area contributed by atoms with E-state index in [-0.39, 0.29) is 0 Å². The van der Waals surface area contributed by atoms with E-state index in [9.17, 15) is 38.4 Å². The topological polar surface area (TPSA) is 292 Å². The van der Waals surface area contributed by atoms with Gasteiger partial charge in [-0.25, -0.2) is 4.79 Å². The molecule has 0 heterocycles. The minimum atomic E-state index is -1.81. The van der Waals surface area contributed by atoms with Gasteiger partial charge in [-0.15, -0.1) is 0 Å². The molecule has 0 fully saturated rings. The summed E-state index contributed by atoms with van der Waals surface area (Å²) in [5, 5.41) is 44.4. The zero-order valence-corrected chi connectivity index (χ0v) is 20.1. The van der Waals surface area contributed by atoms with E-state index >= 15 is 0 Å². The second kappa shape index (κ2) is 15.7. The van der Waals surface area contributed by atoms with Crippen LogP contribution in [0.15, 0.2) is 0 Å². The van der Waals surface area contributed by atoms with Gasteiger partial charge in [-0.2, -0.15) is 0 Å². The Labute approximate surface area is 210 Å². The van der Waals surface area contributed by atoms with Gasteiger partial charge in [0, 0.05) is 6.42 Å². The number of hydrogen-bond donors (Lipinski definition) is 9. The lowest BCUT2D eigenvalue weighted by molar-refractivity contribution is -0.147. The Bertz CT molecular complexity index is 906. The molecule has 0 saturated carbocycles. The van der Waals surface area contributed by atoms with E-state index in [0.717, 1.165) is 0 Å². The number of nitrogens with two attached hydrogens (primary N) is 1. The number of carboxylic acids is 4. The predicted octanol–water partition coefficient (Wildman–Crippen LogP) is -3.56. The first-order chi connectivity index (χ1) is 17.1. The number of carbonyl (C=O) groups is 8. The maximum absolute atomic E-state index is 12.9.